The Morgan fingerprint density at radius 2 is 1.86 bits per heavy atom. The molecule has 0 saturated heterocycles. The Bertz CT molecular complexity index is 836. The number of methoxy groups -OCH3 is 1. The monoisotopic (exact) mass is 302 g/mol. The molecule has 0 fully saturated rings. The molecule has 21 heavy (non-hydrogen) atoms. The van der Waals surface area contributed by atoms with Crippen LogP contribution in [0.15, 0.2) is 36.4 Å². The molecule has 3 rings (SSSR count). The third-order valence-corrected chi connectivity index (χ3v) is 3.64. The molecule has 3 aromatic rings. The molecule has 5 heteroatoms. The van der Waals surface area contributed by atoms with Crippen molar-refractivity contribution in [3.05, 3.63) is 52.9 Å². The lowest BCUT2D eigenvalue weighted by Crippen LogP contribution is -1.97. The normalized spacial score (nSPS) is 10.9. The van der Waals surface area contributed by atoms with E-state index in [-0.39, 0.29) is 5.82 Å². The van der Waals surface area contributed by atoms with Gasteiger partial charge in [-0.25, -0.2) is 14.4 Å². The van der Waals surface area contributed by atoms with Crippen molar-refractivity contribution in [2.75, 3.05) is 7.11 Å². The number of aromatic nitrogens is 2. The Hall–Kier alpha value is -2.20. The highest BCUT2D eigenvalue weighted by Crippen LogP contribution is 2.31. The van der Waals surface area contributed by atoms with Gasteiger partial charge in [0.25, 0.3) is 0 Å². The first kappa shape index (κ1) is 13.8. The third kappa shape index (κ3) is 2.32. The summed E-state index contributed by atoms with van der Waals surface area (Å²) < 4.78 is 19.0. The second-order valence-corrected chi connectivity index (χ2v) is 4.96. The lowest BCUT2D eigenvalue weighted by atomic mass is 10.1. The molecule has 0 N–H and O–H groups in total. The molecule has 106 valence electrons. The zero-order valence-electron chi connectivity index (χ0n) is 11.5. The minimum absolute atomic E-state index is 0.295. The molecule has 0 aliphatic carbocycles. The van der Waals surface area contributed by atoms with Gasteiger partial charge < -0.3 is 4.74 Å². The Morgan fingerprint density at radius 1 is 1.10 bits per heavy atom. The molecule has 1 heterocycles. The molecule has 0 spiro atoms. The molecule has 2 aromatic carbocycles. The number of fused-ring (bicyclic) bond motifs is 1. The summed E-state index contributed by atoms with van der Waals surface area (Å²) in [5.74, 6) is 0.740. The maximum atomic E-state index is 13.7. The summed E-state index contributed by atoms with van der Waals surface area (Å²) in [6.45, 7) is 1.67. The quantitative estimate of drug-likeness (QED) is 0.658. The maximum Gasteiger partial charge on any atom is 0.165 e. The zero-order chi connectivity index (χ0) is 15.0. The molecule has 0 radical (unpaired) electrons. The SMILES string of the molecule is COc1ccccc1-c1nc(Cl)c2ccc(F)c(C)c2n1. The van der Waals surface area contributed by atoms with Crippen LogP contribution in [0.3, 0.4) is 0 Å². The fourth-order valence-electron chi connectivity index (χ4n) is 2.22. The van der Waals surface area contributed by atoms with Crippen molar-refractivity contribution >= 4 is 22.5 Å². The molecule has 0 aliphatic heterocycles. The highest BCUT2D eigenvalue weighted by Gasteiger charge is 2.14. The number of benzene rings is 2. The van der Waals surface area contributed by atoms with Crippen LogP contribution in [0, 0.1) is 12.7 Å². The predicted molar refractivity (Wildman–Crippen MR) is 81.2 cm³/mol. The van der Waals surface area contributed by atoms with Gasteiger partial charge in [0.05, 0.1) is 18.2 Å². The Labute approximate surface area is 126 Å². The third-order valence-electron chi connectivity index (χ3n) is 3.36. The smallest absolute Gasteiger partial charge is 0.165 e. The fourth-order valence-corrected chi connectivity index (χ4v) is 2.45. The average Bonchev–Trinajstić information content (AvgIpc) is 2.51. The summed E-state index contributed by atoms with van der Waals surface area (Å²) in [4.78, 5) is 8.76. The molecule has 3 nitrogen and oxygen atoms in total. The van der Waals surface area contributed by atoms with E-state index in [0.717, 1.165) is 0 Å². The maximum absolute atomic E-state index is 13.7. The number of halogens is 2. The summed E-state index contributed by atoms with van der Waals surface area (Å²) in [6, 6.07) is 10.3. The van der Waals surface area contributed by atoms with Gasteiger partial charge in [-0.2, -0.15) is 0 Å². The molecule has 0 aliphatic rings. The van der Waals surface area contributed by atoms with E-state index in [0.29, 0.717) is 38.8 Å². The van der Waals surface area contributed by atoms with Gasteiger partial charge in [-0.1, -0.05) is 23.7 Å². The van der Waals surface area contributed by atoms with Crippen molar-refractivity contribution in [3.63, 3.8) is 0 Å². The van der Waals surface area contributed by atoms with Crippen LogP contribution in [0.2, 0.25) is 5.15 Å². The van der Waals surface area contributed by atoms with Crippen molar-refractivity contribution in [1.82, 2.24) is 9.97 Å². The van der Waals surface area contributed by atoms with Crippen LogP contribution in [0.4, 0.5) is 4.39 Å². The van der Waals surface area contributed by atoms with E-state index in [9.17, 15) is 4.39 Å². The number of rotatable bonds is 2. The van der Waals surface area contributed by atoms with Gasteiger partial charge in [0.2, 0.25) is 0 Å². The van der Waals surface area contributed by atoms with Gasteiger partial charge in [0.1, 0.15) is 16.7 Å². The predicted octanol–water partition coefficient (Wildman–Crippen LogP) is 4.41. The lowest BCUT2D eigenvalue weighted by Gasteiger charge is -2.10. The summed E-state index contributed by atoms with van der Waals surface area (Å²) in [6.07, 6.45) is 0. The van der Waals surface area contributed by atoms with E-state index in [1.165, 1.54) is 6.07 Å². The molecule has 1 aromatic heterocycles. The lowest BCUT2D eigenvalue weighted by molar-refractivity contribution is 0.416. The Balaban J connectivity index is 2.32. The fraction of sp³-hybridized carbons (Fsp3) is 0.125. The molecule has 0 unspecified atom stereocenters. The Morgan fingerprint density at radius 3 is 2.62 bits per heavy atom. The second kappa shape index (κ2) is 5.30. The first-order valence-electron chi connectivity index (χ1n) is 6.37. The summed E-state index contributed by atoms with van der Waals surface area (Å²) in [5, 5.41) is 0.929. The van der Waals surface area contributed by atoms with Crippen LogP contribution in [0.5, 0.6) is 5.75 Å². The number of nitrogens with zero attached hydrogens (tertiary/aromatic N) is 2. The van der Waals surface area contributed by atoms with Crippen molar-refractivity contribution < 1.29 is 9.13 Å². The van der Waals surface area contributed by atoms with Crippen LogP contribution in [0.25, 0.3) is 22.3 Å². The van der Waals surface area contributed by atoms with Crippen molar-refractivity contribution in [3.8, 4) is 17.1 Å². The van der Waals surface area contributed by atoms with Gasteiger partial charge in [0.15, 0.2) is 5.82 Å². The van der Waals surface area contributed by atoms with E-state index in [1.807, 2.05) is 24.3 Å². The van der Waals surface area contributed by atoms with Crippen LogP contribution < -0.4 is 4.74 Å². The van der Waals surface area contributed by atoms with Crippen LogP contribution in [-0.2, 0) is 0 Å². The van der Waals surface area contributed by atoms with E-state index in [1.54, 1.807) is 20.1 Å². The molecular formula is C16H12ClFN2O. The topological polar surface area (TPSA) is 35.0 Å². The number of para-hydroxylation sites is 1. The first-order valence-corrected chi connectivity index (χ1v) is 6.75. The number of ether oxygens (including phenoxy) is 1. The van der Waals surface area contributed by atoms with Gasteiger partial charge in [-0.05, 0) is 31.2 Å². The van der Waals surface area contributed by atoms with E-state index >= 15 is 0 Å². The van der Waals surface area contributed by atoms with Gasteiger partial charge in [-0.3, -0.25) is 0 Å². The van der Waals surface area contributed by atoms with E-state index in [2.05, 4.69) is 9.97 Å². The average molecular weight is 303 g/mol. The molecule has 0 bridgehead atoms. The van der Waals surface area contributed by atoms with Crippen molar-refractivity contribution in [2.24, 2.45) is 0 Å². The number of aryl methyl sites for hydroxylation is 1. The minimum atomic E-state index is -0.316. The molecular weight excluding hydrogens is 291 g/mol. The van der Waals surface area contributed by atoms with Gasteiger partial charge in [0, 0.05) is 10.9 Å². The van der Waals surface area contributed by atoms with Crippen LogP contribution in [0.1, 0.15) is 5.56 Å². The molecule has 0 amide bonds. The highest BCUT2D eigenvalue weighted by molar-refractivity contribution is 6.34. The first-order chi connectivity index (χ1) is 10.1. The minimum Gasteiger partial charge on any atom is -0.496 e. The van der Waals surface area contributed by atoms with Gasteiger partial charge >= 0.3 is 0 Å². The molecule has 0 saturated carbocycles. The zero-order valence-corrected chi connectivity index (χ0v) is 12.3. The highest BCUT2D eigenvalue weighted by atomic mass is 35.5. The summed E-state index contributed by atoms with van der Waals surface area (Å²) in [7, 11) is 1.58. The molecule has 0 atom stereocenters. The standard InChI is InChI=1S/C16H12ClFN2O/c1-9-12(18)8-7-11-14(9)19-16(20-15(11)17)10-5-3-4-6-13(10)21-2/h3-8H,1-2H3. The summed E-state index contributed by atoms with van der Waals surface area (Å²) in [5.41, 5.74) is 1.68. The number of hydrogen-bond donors (Lipinski definition) is 0. The van der Waals surface area contributed by atoms with Crippen LogP contribution in [-0.4, -0.2) is 17.1 Å². The van der Waals surface area contributed by atoms with Crippen molar-refractivity contribution in [2.45, 2.75) is 6.92 Å². The number of hydrogen-bond acceptors (Lipinski definition) is 3. The van der Waals surface area contributed by atoms with Crippen molar-refractivity contribution in [1.29, 1.82) is 0 Å². The van der Waals surface area contributed by atoms with Crippen LogP contribution >= 0.6 is 11.6 Å². The second-order valence-electron chi connectivity index (χ2n) is 4.61. The van der Waals surface area contributed by atoms with E-state index < -0.39 is 0 Å². The Kier molecular flexibility index (Phi) is 3.47. The van der Waals surface area contributed by atoms with E-state index in [4.69, 9.17) is 16.3 Å². The summed E-state index contributed by atoms with van der Waals surface area (Å²) >= 11 is 6.22. The van der Waals surface area contributed by atoms with Gasteiger partial charge in [-0.15, -0.1) is 0 Å². The largest absolute Gasteiger partial charge is 0.496 e.